The average Bonchev–Trinajstić information content (AvgIpc) is 2.94. The van der Waals surface area contributed by atoms with Gasteiger partial charge in [0.1, 0.15) is 18.3 Å². The Hall–Kier alpha value is -0.910. The predicted molar refractivity (Wildman–Crippen MR) is 52.6 cm³/mol. The molecule has 5 nitrogen and oxygen atoms in total. The molecule has 0 radical (unpaired) electrons. The second-order valence-corrected chi connectivity index (χ2v) is 4.73. The lowest BCUT2D eigenvalue weighted by molar-refractivity contribution is -0.191. The number of hydrogen-bond acceptors (Lipinski definition) is 5. The third-order valence-electron chi connectivity index (χ3n) is 3.18. The molecule has 0 saturated carbocycles. The summed E-state index contributed by atoms with van der Waals surface area (Å²) in [6.45, 7) is 3.56. The SMILES string of the molecule is COC(=O)[C@@]12OC(C)(C)O[C@@H]1C=C[C@H]1O[C@H]12. The Balaban J connectivity index is 2.03. The van der Waals surface area contributed by atoms with Crippen LogP contribution in [-0.2, 0) is 23.7 Å². The summed E-state index contributed by atoms with van der Waals surface area (Å²) in [6.07, 6.45) is 2.96. The van der Waals surface area contributed by atoms with Crippen molar-refractivity contribution in [2.24, 2.45) is 0 Å². The average molecular weight is 226 g/mol. The van der Waals surface area contributed by atoms with Crippen molar-refractivity contribution in [3.05, 3.63) is 12.2 Å². The quantitative estimate of drug-likeness (QED) is 0.367. The number of hydrogen-bond donors (Lipinski definition) is 0. The predicted octanol–water partition coefficient (Wildman–Crippen LogP) is 0.387. The molecule has 0 unspecified atom stereocenters. The Labute approximate surface area is 93.3 Å². The molecule has 0 spiro atoms. The molecule has 3 rings (SSSR count). The van der Waals surface area contributed by atoms with Crippen LogP contribution in [0.15, 0.2) is 12.2 Å². The maximum atomic E-state index is 12.0. The van der Waals surface area contributed by atoms with Crippen LogP contribution >= 0.6 is 0 Å². The van der Waals surface area contributed by atoms with Crippen molar-refractivity contribution in [2.45, 2.75) is 43.5 Å². The molecule has 4 atom stereocenters. The van der Waals surface area contributed by atoms with Crippen LogP contribution in [0.3, 0.4) is 0 Å². The Morgan fingerprint density at radius 2 is 2.12 bits per heavy atom. The normalized spacial score (nSPS) is 47.1. The lowest BCUT2D eigenvalue weighted by Crippen LogP contribution is -2.54. The Kier molecular flexibility index (Phi) is 1.83. The van der Waals surface area contributed by atoms with E-state index in [-0.39, 0.29) is 12.2 Å². The number of methoxy groups -OCH3 is 1. The molecule has 0 bridgehead atoms. The molecule has 0 aromatic rings. The van der Waals surface area contributed by atoms with Crippen molar-refractivity contribution in [2.75, 3.05) is 7.11 Å². The summed E-state index contributed by atoms with van der Waals surface area (Å²) in [5.74, 6) is -1.23. The number of fused-ring (bicyclic) bond motifs is 3. The molecule has 2 aliphatic heterocycles. The third-order valence-corrected chi connectivity index (χ3v) is 3.18. The summed E-state index contributed by atoms with van der Waals surface area (Å²) in [5, 5.41) is 0. The third kappa shape index (κ3) is 1.13. The van der Waals surface area contributed by atoms with Gasteiger partial charge in [-0.05, 0) is 13.8 Å². The van der Waals surface area contributed by atoms with E-state index in [0.29, 0.717) is 0 Å². The van der Waals surface area contributed by atoms with Gasteiger partial charge in [-0.25, -0.2) is 4.79 Å². The first-order valence-electron chi connectivity index (χ1n) is 5.30. The van der Waals surface area contributed by atoms with Crippen LogP contribution in [0.25, 0.3) is 0 Å². The molecule has 1 aliphatic carbocycles. The van der Waals surface area contributed by atoms with Crippen molar-refractivity contribution < 1.29 is 23.7 Å². The van der Waals surface area contributed by atoms with Gasteiger partial charge in [0, 0.05) is 0 Å². The van der Waals surface area contributed by atoms with Gasteiger partial charge in [-0.15, -0.1) is 0 Å². The Bertz CT molecular complexity index is 375. The first-order chi connectivity index (χ1) is 7.49. The fourth-order valence-electron chi connectivity index (χ4n) is 2.54. The molecule has 3 aliphatic rings. The standard InChI is InChI=1S/C11H14O5/c1-10(2)15-7-5-4-6-8(14-6)11(7,16-10)9(12)13-3/h4-8H,1-3H3/t6-,7-,8-,11-/m1/s1. The molecular formula is C11H14O5. The number of esters is 1. The first-order valence-corrected chi connectivity index (χ1v) is 5.30. The highest BCUT2D eigenvalue weighted by Crippen LogP contribution is 2.50. The molecule has 88 valence electrons. The van der Waals surface area contributed by atoms with Crippen molar-refractivity contribution in [3.8, 4) is 0 Å². The molecule has 0 N–H and O–H groups in total. The van der Waals surface area contributed by atoms with E-state index in [9.17, 15) is 4.79 Å². The molecule has 0 aromatic heterocycles. The van der Waals surface area contributed by atoms with Gasteiger partial charge in [-0.2, -0.15) is 0 Å². The monoisotopic (exact) mass is 226 g/mol. The van der Waals surface area contributed by atoms with E-state index in [4.69, 9.17) is 18.9 Å². The summed E-state index contributed by atoms with van der Waals surface area (Å²) >= 11 is 0. The maximum Gasteiger partial charge on any atom is 0.344 e. The fraction of sp³-hybridized carbons (Fsp3) is 0.727. The summed E-state index contributed by atoms with van der Waals surface area (Å²) in [5.41, 5.74) is -1.13. The van der Waals surface area contributed by atoms with Gasteiger partial charge < -0.3 is 18.9 Å². The van der Waals surface area contributed by atoms with Crippen LogP contribution in [0.2, 0.25) is 0 Å². The minimum absolute atomic E-state index is 0.0483. The molecule has 5 heteroatoms. The summed E-state index contributed by atoms with van der Waals surface area (Å²) in [4.78, 5) is 12.0. The lowest BCUT2D eigenvalue weighted by Gasteiger charge is -2.28. The zero-order chi connectivity index (χ0) is 11.6. The first kappa shape index (κ1) is 10.3. The fourth-order valence-corrected chi connectivity index (χ4v) is 2.54. The zero-order valence-electron chi connectivity index (χ0n) is 9.43. The van der Waals surface area contributed by atoms with Crippen LogP contribution in [0, 0.1) is 0 Å². The van der Waals surface area contributed by atoms with E-state index in [0.717, 1.165) is 0 Å². The second-order valence-electron chi connectivity index (χ2n) is 4.73. The highest BCUT2D eigenvalue weighted by atomic mass is 16.8. The molecular weight excluding hydrogens is 212 g/mol. The van der Waals surface area contributed by atoms with Crippen LogP contribution in [0.1, 0.15) is 13.8 Å². The van der Waals surface area contributed by atoms with E-state index in [1.807, 2.05) is 12.2 Å². The van der Waals surface area contributed by atoms with Gasteiger partial charge in [-0.3, -0.25) is 0 Å². The maximum absolute atomic E-state index is 12.0. The van der Waals surface area contributed by atoms with Crippen LogP contribution in [0.5, 0.6) is 0 Å². The number of carbonyl (C=O) groups is 1. The van der Waals surface area contributed by atoms with Gasteiger partial charge in [0.25, 0.3) is 0 Å². The molecule has 2 fully saturated rings. The second kappa shape index (κ2) is 2.85. The molecule has 0 aromatic carbocycles. The Morgan fingerprint density at radius 3 is 2.81 bits per heavy atom. The zero-order valence-corrected chi connectivity index (χ0v) is 9.43. The highest BCUT2D eigenvalue weighted by molar-refractivity contribution is 5.83. The van der Waals surface area contributed by atoms with Crippen molar-refractivity contribution in [1.29, 1.82) is 0 Å². The van der Waals surface area contributed by atoms with Crippen LogP contribution in [-0.4, -0.2) is 42.8 Å². The summed E-state index contributed by atoms with van der Waals surface area (Å²) < 4.78 is 21.7. The molecule has 0 amide bonds. The Morgan fingerprint density at radius 1 is 1.38 bits per heavy atom. The molecule has 2 heterocycles. The van der Waals surface area contributed by atoms with Crippen LogP contribution in [0.4, 0.5) is 0 Å². The van der Waals surface area contributed by atoms with Gasteiger partial charge in [0.05, 0.1) is 7.11 Å². The van der Waals surface area contributed by atoms with Gasteiger partial charge >= 0.3 is 5.97 Å². The van der Waals surface area contributed by atoms with Crippen molar-refractivity contribution in [1.82, 2.24) is 0 Å². The topological polar surface area (TPSA) is 57.3 Å². The van der Waals surface area contributed by atoms with E-state index in [2.05, 4.69) is 0 Å². The summed E-state index contributed by atoms with van der Waals surface area (Å²) in [6, 6.07) is 0. The molecule has 16 heavy (non-hydrogen) atoms. The van der Waals surface area contributed by atoms with E-state index >= 15 is 0 Å². The van der Waals surface area contributed by atoms with Gasteiger partial charge in [0.15, 0.2) is 5.79 Å². The number of carbonyl (C=O) groups excluding carboxylic acids is 1. The van der Waals surface area contributed by atoms with Gasteiger partial charge in [-0.1, -0.05) is 12.2 Å². The van der Waals surface area contributed by atoms with Crippen molar-refractivity contribution >= 4 is 5.97 Å². The van der Waals surface area contributed by atoms with Crippen LogP contribution < -0.4 is 0 Å². The molecule has 2 saturated heterocycles. The minimum atomic E-state index is -1.13. The minimum Gasteiger partial charge on any atom is -0.467 e. The number of rotatable bonds is 1. The van der Waals surface area contributed by atoms with E-state index < -0.39 is 23.5 Å². The smallest absolute Gasteiger partial charge is 0.344 e. The van der Waals surface area contributed by atoms with E-state index in [1.165, 1.54) is 7.11 Å². The summed E-state index contributed by atoms with van der Waals surface area (Å²) in [7, 11) is 1.35. The largest absolute Gasteiger partial charge is 0.467 e. The number of ether oxygens (including phenoxy) is 4. The lowest BCUT2D eigenvalue weighted by atomic mass is 9.86. The highest BCUT2D eigenvalue weighted by Gasteiger charge is 2.71. The van der Waals surface area contributed by atoms with Crippen molar-refractivity contribution in [3.63, 3.8) is 0 Å². The van der Waals surface area contributed by atoms with Gasteiger partial charge in [0.2, 0.25) is 5.60 Å². The number of epoxide rings is 1. The van der Waals surface area contributed by atoms with E-state index in [1.54, 1.807) is 13.8 Å².